The normalized spacial score (nSPS) is 11.2. The lowest BCUT2D eigenvalue weighted by molar-refractivity contribution is -0.118. The Hall–Kier alpha value is -2.75. The molecule has 0 unspecified atom stereocenters. The molecule has 6 nitrogen and oxygen atoms in total. The fourth-order valence-corrected chi connectivity index (χ4v) is 4.38. The molecule has 4 rings (SSSR count). The monoisotopic (exact) mass is 498 g/mol. The first-order chi connectivity index (χ1) is 14.6. The lowest BCUT2D eigenvalue weighted by atomic mass is 10.2. The maximum absolute atomic E-state index is 13.2. The maximum Gasteiger partial charge on any atom is 0.266 e. The molecule has 0 spiro atoms. The summed E-state index contributed by atoms with van der Waals surface area (Å²) in [7, 11) is 0. The van der Waals surface area contributed by atoms with Crippen LogP contribution in [0.3, 0.4) is 0 Å². The molecule has 0 saturated heterocycles. The van der Waals surface area contributed by atoms with Crippen molar-refractivity contribution in [3.8, 4) is 5.69 Å². The minimum atomic E-state index is -0.280. The van der Waals surface area contributed by atoms with Crippen molar-refractivity contribution < 1.29 is 4.79 Å². The van der Waals surface area contributed by atoms with E-state index in [1.54, 1.807) is 18.3 Å². The van der Waals surface area contributed by atoms with Gasteiger partial charge in [-0.15, -0.1) is 11.3 Å². The van der Waals surface area contributed by atoms with Crippen molar-refractivity contribution in [2.45, 2.75) is 5.16 Å². The second-order valence-electron chi connectivity index (χ2n) is 6.13. The number of thiophene rings is 1. The Balaban J connectivity index is 1.60. The molecule has 0 bridgehead atoms. The largest absolute Gasteiger partial charge is 0.272 e. The number of hydrazone groups is 1. The summed E-state index contributed by atoms with van der Waals surface area (Å²) in [4.78, 5) is 31.0. The molecule has 0 aliphatic rings. The van der Waals surface area contributed by atoms with E-state index in [0.29, 0.717) is 21.7 Å². The third-order valence-electron chi connectivity index (χ3n) is 4.09. The Morgan fingerprint density at radius 2 is 1.97 bits per heavy atom. The number of nitrogens with zero attached hydrogens (tertiary/aromatic N) is 3. The number of halogens is 1. The van der Waals surface area contributed by atoms with Crippen molar-refractivity contribution in [3.63, 3.8) is 0 Å². The van der Waals surface area contributed by atoms with Crippen LogP contribution in [0, 0.1) is 0 Å². The van der Waals surface area contributed by atoms with Gasteiger partial charge in [-0.3, -0.25) is 14.2 Å². The number of hydrogen-bond acceptors (Lipinski definition) is 6. The highest BCUT2D eigenvalue weighted by Crippen LogP contribution is 2.22. The molecule has 0 atom stereocenters. The number of carbonyl (C=O) groups excluding carboxylic acids is 1. The average Bonchev–Trinajstić information content (AvgIpc) is 3.27. The Morgan fingerprint density at radius 3 is 2.73 bits per heavy atom. The summed E-state index contributed by atoms with van der Waals surface area (Å²) in [5.41, 5.74) is 3.60. The zero-order valence-electron chi connectivity index (χ0n) is 15.5. The van der Waals surface area contributed by atoms with Gasteiger partial charge >= 0.3 is 0 Å². The first kappa shape index (κ1) is 20.5. The van der Waals surface area contributed by atoms with Crippen LogP contribution in [0.15, 0.2) is 85.6 Å². The van der Waals surface area contributed by atoms with Gasteiger partial charge in [0.25, 0.3) is 11.5 Å². The van der Waals surface area contributed by atoms with Crippen LogP contribution in [0.25, 0.3) is 16.6 Å². The van der Waals surface area contributed by atoms with Crippen LogP contribution >= 0.6 is 39.0 Å². The number of rotatable bonds is 6. The summed E-state index contributed by atoms with van der Waals surface area (Å²) in [6, 6.07) is 18.4. The summed E-state index contributed by atoms with van der Waals surface area (Å²) in [5.74, 6) is -0.208. The number of fused-ring (bicyclic) bond motifs is 1. The zero-order chi connectivity index (χ0) is 20.9. The van der Waals surface area contributed by atoms with E-state index in [2.05, 4.69) is 31.4 Å². The van der Waals surface area contributed by atoms with Crippen molar-refractivity contribution in [2.24, 2.45) is 5.10 Å². The topological polar surface area (TPSA) is 76.3 Å². The number of hydrogen-bond donors (Lipinski definition) is 1. The number of nitrogens with one attached hydrogen (secondary N) is 1. The number of carbonyl (C=O) groups is 1. The van der Waals surface area contributed by atoms with E-state index in [4.69, 9.17) is 0 Å². The summed E-state index contributed by atoms with van der Waals surface area (Å²) in [5, 5.41) is 6.86. The standard InChI is InChI=1S/C21H15BrN4O2S2/c22-14-7-9-15(10-8-14)26-20(28)17-5-1-2-6-18(17)24-21(26)30-13-19(27)25-23-12-16-4-3-11-29-16/h1-12H,13H2,(H,25,27)/b23-12+. The average molecular weight is 499 g/mol. The van der Waals surface area contributed by atoms with Crippen LogP contribution in [0.2, 0.25) is 0 Å². The number of para-hydroxylation sites is 1. The molecule has 2 heterocycles. The molecular weight excluding hydrogens is 484 g/mol. The third kappa shape index (κ3) is 4.69. The van der Waals surface area contributed by atoms with Gasteiger partial charge in [-0.2, -0.15) is 5.10 Å². The molecular formula is C21H15BrN4O2S2. The van der Waals surface area contributed by atoms with E-state index >= 15 is 0 Å². The Bertz CT molecular complexity index is 1270. The molecule has 2 aromatic heterocycles. The third-order valence-corrected chi connectivity index (χ3v) is 6.36. The molecule has 0 fully saturated rings. The molecule has 0 radical (unpaired) electrons. The number of aromatic nitrogens is 2. The predicted octanol–water partition coefficient (Wildman–Crippen LogP) is 4.45. The summed E-state index contributed by atoms with van der Waals surface area (Å²) < 4.78 is 2.44. The molecule has 1 N–H and O–H groups in total. The Morgan fingerprint density at radius 1 is 1.17 bits per heavy atom. The molecule has 30 heavy (non-hydrogen) atoms. The summed E-state index contributed by atoms with van der Waals surface area (Å²) in [6.07, 6.45) is 1.60. The van der Waals surface area contributed by atoms with E-state index in [-0.39, 0.29) is 17.2 Å². The van der Waals surface area contributed by atoms with Gasteiger partial charge in [0.05, 0.1) is 28.6 Å². The van der Waals surface area contributed by atoms with Gasteiger partial charge in [-0.25, -0.2) is 10.4 Å². The maximum atomic E-state index is 13.2. The van der Waals surface area contributed by atoms with Gasteiger partial charge in [0.1, 0.15) is 0 Å². The number of thioether (sulfide) groups is 1. The van der Waals surface area contributed by atoms with Gasteiger partial charge in [0.15, 0.2) is 5.16 Å². The molecule has 2 aromatic carbocycles. The van der Waals surface area contributed by atoms with Gasteiger partial charge < -0.3 is 0 Å². The molecule has 4 aromatic rings. The first-order valence-electron chi connectivity index (χ1n) is 8.88. The fourth-order valence-electron chi connectivity index (χ4n) is 2.72. The van der Waals surface area contributed by atoms with E-state index in [0.717, 1.165) is 9.35 Å². The number of amides is 1. The van der Waals surface area contributed by atoms with E-state index in [9.17, 15) is 9.59 Å². The van der Waals surface area contributed by atoms with Gasteiger partial charge in [-0.1, -0.05) is 45.9 Å². The SMILES string of the molecule is O=C(CSc1nc2ccccc2c(=O)n1-c1ccc(Br)cc1)N/N=C/c1cccs1. The molecule has 0 aliphatic heterocycles. The highest BCUT2D eigenvalue weighted by atomic mass is 79.9. The van der Waals surface area contributed by atoms with Crippen molar-refractivity contribution in [1.29, 1.82) is 0 Å². The van der Waals surface area contributed by atoms with Crippen LogP contribution in [0.4, 0.5) is 0 Å². The highest BCUT2D eigenvalue weighted by Gasteiger charge is 2.14. The highest BCUT2D eigenvalue weighted by molar-refractivity contribution is 9.10. The van der Waals surface area contributed by atoms with Crippen LogP contribution < -0.4 is 11.0 Å². The van der Waals surface area contributed by atoms with Crippen LogP contribution in [-0.2, 0) is 4.79 Å². The van der Waals surface area contributed by atoms with Crippen LogP contribution in [0.1, 0.15) is 4.88 Å². The second kappa shape index (κ2) is 9.38. The van der Waals surface area contributed by atoms with Crippen molar-refractivity contribution >= 4 is 62.1 Å². The minimum Gasteiger partial charge on any atom is -0.272 e. The lowest BCUT2D eigenvalue weighted by Crippen LogP contribution is -2.24. The quantitative estimate of drug-likeness (QED) is 0.184. The van der Waals surface area contributed by atoms with Crippen molar-refractivity contribution in [3.05, 3.63) is 85.7 Å². The van der Waals surface area contributed by atoms with Crippen molar-refractivity contribution in [2.75, 3.05) is 5.75 Å². The van der Waals surface area contributed by atoms with Crippen LogP contribution in [-0.4, -0.2) is 27.4 Å². The van der Waals surface area contributed by atoms with Gasteiger partial charge in [-0.05, 0) is 47.8 Å². The predicted molar refractivity (Wildman–Crippen MR) is 126 cm³/mol. The first-order valence-corrected chi connectivity index (χ1v) is 11.5. The minimum absolute atomic E-state index is 0.0725. The van der Waals surface area contributed by atoms with E-state index in [1.165, 1.54) is 27.7 Å². The zero-order valence-corrected chi connectivity index (χ0v) is 18.7. The molecule has 9 heteroatoms. The molecule has 0 saturated carbocycles. The van der Waals surface area contributed by atoms with Gasteiger partial charge in [0.2, 0.25) is 0 Å². The summed E-state index contributed by atoms with van der Waals surface area (Å²) >= 11 is 6.13. The Kier molecular flexibility index (Phi) is 6.41. The van der Waals surface area contributed by atoms with Crippen LogP contribution in [0.5, 0.6) is 0 Å². The van der Waals surface area contributed by atoms with E-state index in [1.807, 2.05) is 53.9 Å². The molecule has 150 valence electrons. The second-order valence-corrected chi connectivity index (χ2v) is 8.96. The smallest absolute Gasteiger partial charge is 0.266 e. The fraction of sp³-hybridized carbons (Fsp3) is 0.0476. The van der Waals surface area contributed by atoms with E-state index < -0.39 is 0 Å². The molecule has 0 aliphatic carbocycles. The van der Waals surface area contributed by atoms with Crippen molar-refractivity contribution in [1.82, 2.24) is 15.0 Å². The van der Waals surface area contributed by atoms with Gasteiger partial charge in [0, 0.05) is 9.35 Å². The number of benzene rings is 2. The summed E-state index contributed by atoms with van der Waals surface area (Å²) in [6.45, 7) is 0. The Labute approximate surface area is 188 Å². The molecule has 1 amide bonds. The lowest BCUT2D eigenvalue weighted by Gasteiger charge is -2.13.